The number of carbonyl (C=O) groups is 3. The molecule has 0 bridgehead atoms. The maximum absolute atomic E-state index is 13.7. The highest BCUT2D eigenvalue weighted by Crippen LogP contribution is 2.66. The smallest absolute Gasteiger partial charge is 0.175 e. The topological polar surface area (TPSA) is 84.3 Å². The molecule has 0 amide bonds. The SMILES string of the molecule is CC12CCC(=O)C=C1CCC1C2C(=O)CC2(C)C1CC[C@]2(O)C(=O)CSc1ccncc1. The molecule has 5 rings (SSSR count). The van der Waals surface area contributed by atoms with Crippen molar-refractivity contribution in [3.63, 3.8) is 0 Å². The first-order chi connectivity index (χ1) is 15.2. The number of carbonyl (C=O) groups excluding carboxylic acids is 3. The molecule has 1 aromatic heterocycles. The second-order valence-corrected chi connectivity index (χ2v) is 11.7. The van der Waals surface area contributed by atoms with E-state index in [-0.39, 0.29) is 52.7 Å². The van der Waals surface area contributed by atoms with Crippen molar-refractivity contribution in [1.82, 2.24) is 4.98 Å². The summed E-state index contributed by atoms with van der Waals surface area (Å²) in [5, 5.41) is 11.7. The summed E-state index contributed by atoms with van der Waals surface area (Å²) in [5.41, 5.74) is -1.29. The van der Waals surface area contributed by atoms with E-state index in [9.17, 15) is 19.5 Å². The van der Waals surface area contributed by atoms with Gasteiger partial charge in [0.15, 0.2) is 11.6 Å². The Morgan fingerprint density at radius 1 is 1.16 bits per heavy atom. The van der Waals surface area contributed by atoms with Crippen LogP contribution in [-0.4, -0.2) is 38.8 Å². The molecule has 1 N–H and O–H groups in total. The van der Waals surface area contributed by atoms with Crippen LogP contribution in [0, 0.1) is 28.6 Å². The highest BCUT2D eigenvalue weighted by Gasteiger charge is 2.68. The first-order valence-electron chi connectivity index (χ1n) is 11.7. The Bertz CT molecular complexity index is 1010. The zero-order chi connectivity index (χ0) is 22.7. The Morgan fingerprint density at radius 3 is 2.66 bits per heavy atom. The number of ketones is 3. The fourth-order valence-corrected chi connectivity index (χ4v) is 8.40. The van der Waals surface area contributed by atoms with Crippen LogP contribution in [0.3, 0.4) is 0 Å². The van der Waals surface area contributed by atoms with Crippen molar-refractivity contribution in [3.05, 3.63) is 36.2 Å². The van der Waals surface area contributed by atoms with Gasteiger partial charge in [-0.05, 0) is 67.6 Å². The molecule has 6 heteroatoms. The third kappa shape index (κ3) is 3.09. The summed E-state index contributed by atoms with van der Waals surface area (Å²) >= 11 is 1.42. The van der Waals surface area contributed by atoms with Crippen LogP contribution in [0.15, 0.2) is 41.1 Å². The molecule has 3 fully saturated rings. The van der Waals surface area contributed by atoms with Crippen molar-refractivity contribution < 1.29 is 19.5 Å². The lowest BCUT2D eigenvalue weighted by atomic mass is 9.46. The molecule has 0 aliphatic heterocycles. The minimum absolute atomic E-state index is 0.0997. The molecule has 5 nitrogen and oxygen atoms in total. The Kier molecular flexibility index (Phi) is 5.25. The molecule has 5 unspecified atom stereocenters. The molecule has 1 aromatic rings. The molecule has 170 valence electrons. The first-order valence-corrected chi connectivity index (χ1v) is 12.7. The summed E-state index contributed by atoms with van der Waals surface area (Å²) in [7, 11) is 0. The Balaban J connectivity index is 1.41. The number of hydrogen-bond acceptors (Lipinski definition) is 6. The van der Waals surface area contributed by atoms with Crippen molar-refractivity contribution in [3.8, 4) is 0 Å². The van der Waals surface area contributed by atoms with Crippen LogP contribution in [0.2, 0.25) is 0 Å². The molecule has 0 spiro atoms. The van der Waals surface area contributed by atoms with Crippen LogP contribution in [-0.2, 0) is 14.4 Å². The predicted octanol–water partition coefficient (Wildman–Crippen LogP) is 4.18. The summed E-state index contributed by atoms with van der Waals surface area (Å²) in [6.07, 6.45) is 9.59. The lowest BCUT2D eigenvalue weighted by Gasteiger charge is -2.57. The molecule has 32 heavy (non-hydrogen) atoms. The number of aromatic nitrogens is 1. The van der Waals surface area contributed by atoms with E-state index in [1.807, 2.05) is 19.1 Å². The van der Waals surface area contributed by atoms with Crippen LogP contribution < -0.4 is 0 Å². The van der Waals surface area contributed by atoms with Gasteiger partial charge in [0.25, 0.3) is 0 Å². The lowest BCUT2D eigenvalue weighted by Crippen LogP contribution is -2.60. The largest absolute Gasteiger partial charge is 0.381 e. The minimum atomic E-state index is -1.46. The van der Waals surface area contributed by atoms with Crippen molar-refractivity contribution in [2.24, 2.45) is 28.6 Å². The molecule has 1 heterocycles. The highest BCUT2D eigenvalue weighted by atomic mass is 32.2. The number of nitrogens with zero attached hydrogens (tertiary/aromatic N) is 1. The van der Waals surface area contributed by atoms with Crippen LogP contribution >= 0.6 is 11.8 Å². The van der Waals surface area contributed by atoms with E-state index in [1.165, 1.54) is 11.8 Å². The zero-order valence-corrected chi connectivity index (χ0v) is 19.6. The molecule has 0 saturated heterocycles. The van der Waals surface area contributed by atoms with Gasteiger partial charge in [-0.1, -0.05) is 19.4 Å². The number of hydrogen-bond donors (Lipinski definition) is 1. The average molecular weight is 454 g/mol. The third-order valence-electron chi connectivity index (χ3n) is 9.29. The van der Waals surface area contributed by atoms with Gasteiger partial charge >= 0.3 is 0 Å². The summed E-state index contributed by atoms with van der Waals surface area (Å²) in [6.45, 7) is 4.15. The number of aliphatic hydroxyl groups is 1. The predicted molar refractivity (Wildman–Crippen MR) is 122 cm³/mol. The molecule has 6 atom stereocenters. The van der Waals surface area contributed by atoms with Crippen molar-refractivity contribution in [1.29, 1.82) is 0 Å². The Morgan fingerprint density at radius 2 is 1.91 bits per heavy atom. The molecule has 0 aromatic carbocycles. The van der Waals surface area contributed by atoms with Gasteiger partial charge in [0, 0.05) is 41.5 Å². The van der Waals surface area contributed by atoms with E-state index >= 15 is 0 Å². The van der Waals surface area contributed by atoms with Gasteiger partial charge < -0.3 is 5.11 Å². The number of Topliss-reactive ketones (excluding diaryl/α,β-unsaturated/α-hetero) is 2. The molecular weight excluding hydrogens is 422 g/mol. The quantitative estimate of drug-likeness (QED) is 0.689. The van der Waals surface area contributed by atoms with Crippen LogP contribution in [0.4, 0.5) is 0 Å². The maximum Gasteiger partial charge on any atom is 0.175 e. The van der Waals surface area contributed by atoms with E-state index in [0.717, 1.165) is 36.2 Å². The zero-order valence-electron chi connectivity index (χ0n) is 18.8. The van der Waals surface area contributed by atoms with Crippen molar-refractivity contribution in [2.75, 3.05) is 5.75 Å². The maximum atomic E-state index is 13.7. The number of pyridine rings is 1. The molecule has 4 aliphatic carbocycles. The van der Waals surface area contributed by atoms with Crippen LogP contribution in [0.1, 0.15) is 58.8 Å². The lowest BCUT2D eigenvalue weighted by molar-refractivity contribution is -0.167. The van der Waals surface area contributed by atoms with Crippen LogP contribution in [0.25, 0.3) is 0 Å². The number of thioether (sulfide) groups is 1. The van der Waals surface area contributed by atoms with E-state index in [2.05, 4.69) is 11.9 Å². The number of fused-ring (bicyclic) bond motifs is 5. The fourth-order valence-electron chi connectivity index (χ4n) is 7.55. The fraction of sp³-hybridized carbons (Fsp3) is 0.615. The molecule has 4 aliphatic rings. The summed E-state index contributed by atoms with van der Waals surface area (Å²) < 4.78 is 0. The second kappa shape index (κ2) is 7.63. The summed E-state index contributed by atoms with van der Waals surface area (Å²) in [5.74, 6) is 0.603. The van der Waals surface area contributed by atoms with Gasteiger partial charge in [-0.2, -0.15) is 0 Å². The summed E-state index contributed by atoms with van der Waals surface area (Å²) in [6, 6.07) is 3.72. The number of allylic oxidation sites excluding steroid dienone is 1. The second-order valence-electron chi connectivity index (χ2n) is 10.7. The highest BCUT2D eigenvalue weighted by molar-refractivity contribution is 8.00. The van der Waals surface area contributed by atoms with Crippen molar-refractivity contribution in [2.45, 2.75) is 69.3 Å². The third-order valence-corrected chi connectivity index (χ3v) is 10.3. The monoisotopic (exact) mass is 453 g/mol. The molecular formula is C26H31NO4S. The van der Waals surface area contributed by atoms with E-state index < -0.39 is 11.0 Å². The molecule has 3 saturated carbocycles. The van der Waals surface area contributed by atoms with Gasteiger partial charge in [0.2, 0.25) is 0 Å². The van der Waals surface area contributed by atoms with Crippen molar-refractivity contribution >= 4 is 29.1 Å². The molecule has 0 radical (unpaired) electrons. The standard InChI is InChI=1S/C26H31NO4S/c1-24-9-5-17(28)13-16(24)3-4-19-20-6-10-26(31,25(20,2)14-21(29)23(19)24)22(30)15-32-18-7-11-27-12-8-18/h7-8,11-13,19-20,23,31H,3-6,9-10,14-15H2,1-2H3/t19?,20?,23?,24?,25?,26-/m0/s1. The van der Waals surface area contributed by atoms with E-state index in [4.69, 9.17) is 0 Å². The minimum Gasteiger partial charge on any atom is -0.381 e. The van der Waals surface area contributed by atoms with Crippen LogP contribution in [0.5, 0.6) is 0 Å². The van der Waals surface area contributed by atoms with Gasteiger partial charge in [0.1, 0.15) is 11.4 Å². The van der Waals surface area contributed by atoms with Gasteiger partial charge in [-0.15, -0.1) is 11.8 Å². The first kappa shape index (κ1) is 22.0. The normalized spacial score (nSPS) is 40.8. The Hall–Kier alpha value is -1.79. The van der Waals surface area contributed by atoms with Gasteiger partial charge in [0.05, 0.1) is 5.75 Å². The average Bonchev–Trinajstić information content (AvgIpc) is 3.04. The Labute approximate surface area is 193 Å². The van der Waals surface area contributed by atoms with E-state index in [1.54, 1.807) is 18.5 Å². The van der Waals surface area contributed by atoms with Gasteiger partial charge in [-0.25, -0.2) is 0 Å². The van der Waals surface area contributed by atoms with Gasteiger partial charge in [-0.3, -0.25) is 19.4 Å². The van der Waals surface area contributed by atoms with E-state index in [0.29, 0.717) is 12.8 Å². The summed E-state index contributed by atoms with van der Waals surface area (Å²) in [4.78, 5) is 44.0. The number of rotatable bonds is 4.